The smallest absolute Gasteiger partial charge is 0.297 e. The number of nitrogens with zero attached hydrogens (tertiary/aromatic N) is 3. The van der Waals surface area contributed by atoms with E-state index in [9.17, 15) is 18.5 Å². The van der Waals surface area contributed by atoms with Crippen molar-refractivity contribution in [2.75, 3.05) is 11.3 Å². The van der Waals surface area contributed by atoms with Gasteiger partial charge in [-0.3, -0.25) is 14.8 Å². The molecule has 1 N–H and O–H groups in total. The van der Waals surface area contributed by atoms with E-state index in [4.69, 9.17) is 10.00 Å². The molecule has 1 aromatic carbocycles. The minimum atomic E-state index is -4.09. The number of aromatic nitrogens is 1. The molecule has 0 fully saturated rings. The van der Waals surface area contributed by atoms with E-state index in [-0.39, 0.29) is 22.0 Å². The van der Waals surface area contributed by atoms with Gasteiger partial charge in [-0.05, 0) is 31.2 Å². The van der Waals surface area contributed by atoms with Crippen molar-refractivity contribution in [3.8, 4) is 11.8 Å². The van der Waals surface area contributed by atoms with Crippen molar-refractivity contribution in [3.05, 3.63) is 52.3 Å². The van der Waals surface area contributed by atoms with Gasteiger partial charge in [0.05, 0.1) is 17.6 Å². The normalized spacial score (nSPS) is 10.7. The summed E-state index contributed by atoms with van der Waals surface area (Å²) in [4.78, 5) is 13.9. The monoisotopic (exact) mass is 348 g/mol. The summed E-state index contributed by atoms with van der Waals surface area (Å²) in [5.41, 5.74) is -0.583. The summed E-state index contributed by atoms with van der Waals surface area (Å²) >= 11 is 0. The molecule has 0 aliphatic rings. The lowest BCUT2D eigenvalue weighted by Gasteiger charge is -2.10. The highest BCUT2D eigenvalue weighted by atomic mass is 32.2. The zero-order valence-corrected chi connectivity index (χ0v) is 13.3. The lowest BCUT2D eigenvalue weighted by molar-refractivity contribution is -0.384. The van der Waals surface area contributed by atoms with Crippen LogP contribution in [0.25, 0.3) is 0 Å². The highest BCUT2D eigenvalue weighted by Crippen LogP contribution is 2.30. The Hall–Kier alpha value is -3.19. The van der Waals surface area contributed by atoms with Gasteiger partial charge < -0.3 is 4.74 Å². The first kappa shape index (κ1) is 17.2. The quantitative estimate of drug-likeness (QED) is 0.623. The molecule has 0 atom stereocenters. The number of sulfonamides is 1. The lowest BCUT2D eigenvalue weighted by Crippen LogP contribution is -2.14. The van der Waals surface area contributed by atoms with Gasteiger partial charge in [-0.1, -0.05) is 0 Å². The van der Waals surface area contributed by atoms with E-state index < -0.39 is 20.6 Å². The van der Waals surface area contributed by atoms with Crippen LogP contribution >= 0.6 is 0 Å². The number of nitro groups is 1. The number of anilines is 1. The highest BCUT2D eigenvalue weighted by Gasteiger charge is 2.22. The number of rotatable bonds is 6. The fourth-order valence-corrected chi connectivity index (χ4v) is 2.83. The molecule has 0 unspecified atom stereocenters. The molecule has 10 heteroatoms. The average Bonchev–Trinajstić information content (AvgIpc) is 2.56. The molecule has 9 nitrogen and oxygen atoms in total. The third kappa shape index (κ3) is 3.76. The molecular weight excluding hydrogens is 336 g/mol. The van der Waals surface area contributed by atoms with Gasteiger partial charge in [-0.15, -0.1) is 0 Å². The van der Waals surface area contributed by atoms with Crippen molar-refractivity contribution in [2.45, 2.75) is 11.8 Å². The van der Waals surface area contributed by atoms with Crippen LogP contribution in [0, 0.1) is 21.4 Å². The third-order valence-corrected chi connectivity index (χ3v) is 4.23. The van der Waals surface area contributed by atoms with E-state index in [1.54, 1.807) is 13.0 Å². The minimum absolute atomic E-state index is 0.0565. The Labute approximate surface area is 137 Å². The maximum Gasteiger partial charge on any atom is 0.297 e. The second kappa shape index (κ2) is 6.93. The van der Waals surface area contributed by atoms with Crippen LogP contribution in [-0.4, -0.2) is 24.9 Å². The Morgan fingerprint density at radius 3 is 2.67 bits per heavy atom. The van der Waals surface area contributed by atoms with Gasteiger partial charge in [0, 0.05) is 6.20 Å². The largest absolute Gasteiger partial charge is 0.494 e. The maximum atomic E-state index is 12.3. The second-order valence-corrected chi connectivity index (χ2v) is 6.15. The Morgan fingerprint density at radius 2 is 2.12 bits per heavy atom. The van der Waals surface area contributed by atoms with Gasteiger partial charge in [0.2, 0.25) is 0 Å². The molecule has 0 amide bonds. The molecule has 2 rings (SSSR count). The molecule has 24 heavy (non-hydrogen) atoms. The van der Waals surface area contributed by atoms with Crippen molar-refractivity contribution in [2.24, 2.45) is 0 Å². The molecule has 124 valence electrons. The highest BCUT2D eigenvalue weighted by molar-refractivity contribution is 7.92. The Bertz CT molecular complexity index is 904. The molecule has 1 heterocycles. The van der Waals surface area contributed by atoms with Crippen LogP contribution in [0.2, 0.25) is 0 Å². The minimum Gasteiger partial charge on any atom is -0.494 e. The van der Waals surface area contributed by atoms with Gasteiger partial charge in [-0.25, -0.2) is 13.4 Å². The fourth-order valence-electron chi connectivity index (χ4n) is 1.81. The van der Waals surface area contributed by atoms with Gasteiger partial charge >= 0.3 is 0 Å². The summed E-state index contributed by atoms with van der Waals surface area (Å²) in [7, 11) is -4.09. The maximum absolute atomic E-state index is 12.3. The first-order chi connectivity index (χ1) is 11.4. The standard InChI is InChI=1S/C14H12N4O5S/c1-2-23-11-4-6-13(14(7-11)18(19)20)17-24(21,22)12-5-3-10(8-15)16-9-12/h3-7,9,17H,2H2,1H3. The number of nitrogens with one attached hydrogen (secondary N) is 1. The number of hydrogen-bond donors (Lipinski definition) is 1. The van der Waals surface area contributed by atoms with Crippen LogP contribution in [0.3, 0.4) is 0 Å². The number of hydrogen-bond acceptors (Lipinski definition) is 7. The van der Waals surface area contributed by atoms with Crippen LogP contribution in [-0.2, 0) is 10.0 Å². The molecule has 2 aromatic rings. The summed E-state index contributed by atoms with van der Waals surface area (Å²) in [6, 6.07) is 8.00. The van der Waals surface area contributed by atoms with Crippen LogP contribution < -0.4 is 9.46 Å². The van der Waals surface area contributed by atoms with Crippen LogP contribution in [0.1, 0.15) is 12.6 Å². The van der Waals surface area contributed by atoms with Gasteiger partial charge in [0.15, 0.2) is 0 Å². The first-order valence-corrected chi connectivity index (χ1v) is 8.16. The molecule has 0 spiro atoms. The van der Waals surface area contributed by atoms with E-state index in [0.717, 1.165) is 12.3 Å². The number of nitriles is 1. The SMILES string of the molecule is CCOc1ccc(NS(=O)(=O)c2ccc(C#N)nc2)c([N+](=O)[O-])c1. The van der Waals surface area contributed by atoms with Crippen molar-refractivity contribution in [3.63, 3.8) is 0 Å². The Morgan fingerprint density at radius 1 is 1.38 bits per heavy atom. The predicted molar refractivity (Wildman–Crippen MR) is 84.0 cm³/mol. The molecular formula is C14H12N4O5S. The molecule has 0 radical (unpaired) electrons. The lowest BCUT2D eigenvalue weighted by atomic mass is 10.2. The van der Waals surface area contributed by atoms with E-state index in [1.165, 1.54) is 24.3 Å². The Balaban J connectivity index is 2.38. The van der Waals surface area contributed by atoms with Crippen LogP contribution in [0.5, 0.6) is 5.75 Å². The van der Waals surface area contributed by atoms with Crippen LogP contribution in [0.15, 0.2) is 41.4 Å². The van der Waals surface area contributed by atoms with Crippen LogP contribution in [0.4, 0.5) is 11.4 Å². The summed E-state index contributed by atoms with van der Waals surface area (Å²) < 4.78 is 31.9. The third-order valence-electron chi connectivity index (χ3n) is 2.88. The number of nitro benzene ring substituents is 1. The summed E-state index contributed by atoms with van der Waals surface area (Å²) in [5.74, 6) is 0.257. The summed E-state index contributed by atoms with van der Waals surface area (Å²) in [5, 5.41) is 19.8. The fraction of sp³-hybridized carbons (Fsp3) is 0.143. The molecule has 0 aliphatic heterocycles. The zero-order valence-electron chi connectivity index (χ0n) is 12.5. The summed E-state index contributed by atoms with van der Waals surface area (Å²) in [6.07, 6.45) is 1.00. The zero-order chi connectivity index (χ0) is 17.7. The summed E-state index contributed by atoms with van der Waals surface area (Å²) in [6.45, 7) is 2.04. The van der Waals surface area contributed by atoms with Gasteiger partial charge in [0.25, 0.3) is 15.7 Å². The van der Waals surface area contributed by atoms with E-state index in [2.05, 4.69) is 9.71 Å². The molecule has 0 aliphatic carbocycles. The van der Waals surface area contributed by atoms with Crippen molar-refractivity contribution >= 4 is 21.4 Å². The molecule has 0 saturated carbocycles. The van der Waals surface area contributed by atoms with Crippen molar-refractivity contribution < 1.29 is 18.1 Å². The van der Waals surface area contributed by atoms with E-state index >= 15 is 0 Å². The number of pyridine rings is 1. The van der Waals surface area contributed by atoms with E-state index in [0.29, 0.717) is 6.61 Å². The molecule has 0 saturated heterocycles. The predicted octanol–water partition coefficient (Wildman–Crippen LogP) is 2.06. The van der Waals surface area contributed by atoms with Crippen molar-refractivity contribution in [1.82, 2.24) is 4.98 Å². The molecule has 1 aromatic heterocycles. The molecule has 0 bridgehead atoms. The number of ether oxygens (including phenoxy) is 1. The van der Waals surface area contributed by atoms with E-state index in [1.807, 2.05) is 0 Å². The Kier molecular flexibility index (Phi) is 4.96. The van der Waals surface area contributed by atoms with Crippen molar-refractivity contribution in [1.29, 1.82) is 5.26 Å². The first-order valence-electron chi connectivity index (χ1n) is 6.67. The number of benzene rings is 1. The average molecular weight is 348 g/mol. The van der Waals surface area contributed by atoms with Gasteiger partial charge in [-0.2, -0.15) is 5.26 Å². The second-order valence-electron chi connectivity index (χ2n) is 4.47. The topological polar surface area (TPSA) is 135 Å². The van der Waals surface area contributed by atoms with Gasteiger partial charge in [0.1, 0.15) is 28.1 Å².